The van der Waals surface area contributed by atoms with E-state index in [1.165, 1.54) is 24.1 Å². The molecule has 1 atom stereocenters. The van der Waals surface area contributed by atoms with Gasteiger partial charge in [0.05, 0.1) is 22.2 Å². The normalized spacial score (nSPS) is 14.5. The molecule has 1 saturated carbocycles. The first-order chi connectivity index (χ1) is 21.0. The quantitative estimate of drug-likeness (QED) is 0.234. The van der Waals surface area contributed by atoms with Gasteiger partial charge in [0.2, 0.25) is 11.8 Å². The van der Waals surface area contributed by atoms with Crippen LogP contribution in [0, 0.1) is 13.8 Å². The van der Waals surface area contributed by atoms with Crippen molar-refractivity contribution < 1.29 is 22.7 Å². The van der Waals surface area contributed by atoms with Gasteiger partial charge in [-0.05, 0) is 84.9 Å². The number of hydrogen-bond acceptors (Lipinski definition) is 5. The van der Waals surface area contributed by atoms with Gasteiger partial charge in [0, 0.05) is 12.6 Å². The molecule has 2 amide bonds. The van der Waals surface area contributed by atoms with E-state index in [1.54, 1.807) is 18.2 Å². The van der Waals surface area contributed by atoms with Crippen LogP contribution in [0.3, 0.4) is 0 Å². The monoisotopic (exact) mass is 683 g/mol. The van der Waals surface area contributed by atoms with Crippen molar-refractivity contribution in [3.05, 3.63) is 87.9 Å². The van der Waals surface area contributed by atoms with E-state index in [1.807, 2.05) is 57.2 Å². The van der Waals surface area contributed by atoms with Gasteiger partial charge in [0.15, 0.2) is 0 Å². The molecule has 3 aromatic carbocycles. The molecular weight excluding hydrogens is 642 g/mol. The lowest BCUT2D eigenvalue weighted by Crippen LogP contribution is -2.54. The molecule has 0 spiro atoms. The number of nitrogens with zero attached hydrogens (tertiary/aromatic N) is 2. The topological polar surface area (TPSA) is 96.0 Å². The Morgan fingerprint density at radius 2 is 1.68 bits per heavy atom. The predicted molar refractivity (Wildman–Crippen MR) is 177 cm³/mol. The summed E-state index contributed by atoms with van der Waals surface area (Å²) in [6.45, 7) is 5.46. The van der Waals surface area contributed by atoms with Crippen LogP contribution in [0.15, 0.2) is 76.1 Å². The minimum atomic E-state index is -4.20. The van der Waals surface area contributed by atoms with Crippen molar-refractivity contribution >= 4 is 43.5 Å². The lowest BCUT2D eigenvalue weighted by molar-refractivity contribution is -0.140. The first kappa shape index (κ1) is 33.5. The summed E-state index contributed by atoms with van der Waals surface area (Å²) in [6.07, 6.45) is 5.53. The van der Waals surface area contributed by atoms with Gasteiger partial charge in [0.25, 0.3) is 10.0 Å². The van der Waals surface area contributed by atoms with Crippen molar-refractivity contribution in [3.8, 4) is 5.75 Å². The van der Waals surface area contributed by atoms with E-state index >= 15 is 0 Å². The van der Waals surface area contributed by atoms with Crippen molar-refractivity contribution in [2.45, 2.75) is 82.8 Å². The summed E-state index contributed by atoms with van der Waals surface area (Å²) in [5.74, 6) is -0.181. The van der Waals surface area contributed by atoms with Crippen LogP contribution in [0.2, 0.25) is 0 Å². The number of halogens is 1. The molecular formula is C34H42BrN3O5S. The van der Waals surface area contributed by atoms with Gasteiger partial charge in [-0.3, -0.25) is 13.9 Å². The number of aryl methyl sites for hydroxylation is 2. The molecule has 0 aromatic heterocycles. The second kappa shape index (κ2) is 15.1. The van der Waals surface area contributed by atoms with Gasteiger partial charge in [-0.25, -0.2) is 8.42 Å². The maximum atomic E-state index is 14.3. The summed E-state index contributed by atoms with van der Waals surface area (Å²) in [5.41, 5.74) is 3.21. The van der Waals surface area contributed by atoms with E-state index in [4.69, 9.17) is 4.74 Å². The summed E-state index contributed by atoms with van der Waals surface area (Å²) < 4.78 is 35.3. The molecule has 8 nitrogen and oxygen atoms in total. The highest BCUT2D eigenvalue weighted by atomic mass is 79.9. The van der Waals surface area contributed by atoms with Crippen LogP contribution in [-0.4, -0.2) is 50.9 Å². The lowest BCUT2D eigenvalue weighted by atomic mass is 9.95. The Labute approximate surface area is 270 Å². The number of rotatable bonds is 12. The number of benzene rings is 3. The molecule has 1 unspecified atom stereocenters. The molecule has 1 fully saturated rings. The minimum absolute atomic E-state index is 0.00543. The highest BCUT2D eigenvalue weighted by Crippen LogP contribution is 2.31. The zero-order valence-electron chi connectivity index (χ0n) is 25.9. The van der Waals surface area contributed by atoms with Gasteiger partial charge in [0.1, 0.15) is 18.3 Å². The average molecular weight is 685 g/mol. The Balaban J connectivity index is 1.72. The molecule has 3 aromatic rings. The third-order valence-electron chi connectivity index (χ3n) is 8.08. The van der Waals surface area contributed by atoms with E-state index in [2.05, 4.69) is 21.2 Å². The summed E-state index contributed by atoms with van der Waals surface area (Å²) in [5, 5.41) is 3.18. The number of anilines is 1. The first-order valence-electron chi connectivity index (χ1n) is 15.1. The summed E-state index contributed by atoms with van der Waals surface area (Å²) in [4.78, 5) is 29.6. The standard InChI is InChI=1S/C34H42BrN3O5S/c1-5-31(34(40)36-27-12-7-6-8-13-27)37(22-26-11-9-10-25(3)20-26)33(39)23-38(28-16-14-24(2)15-17-28)44(41,42)29-18-19-32(43-4)30(35)21-29/h9-11,14-21,27,31H,5-8,12-13,22-23H2,1-4H3,(H,36,40). The second-order valence-electron chi connectivity index (χ2n) is 11.4. The van der Waals surface area contributed by atoms with Crippen molar-refractivity contribution in [1.29, 1.82) is 0 Å². The zero-order valence-corrected chi connectivity index (χ0v) is 28.3. The molecule has 0 bridgehead atoms. The molecule has 1 aliphatic rings. The fourth-order valence-electron chi connectivity index (χ4n) is 5.65. The molecule has 4 rings (SSSR count). The third kappa shape index (κ3) is 8.21. The van der Waals surface area contributed by atoms with E-state index < -0.39 is 28.5 Å². The SMILES string of the molecule is CCC(C(=O)NC1CCCCC1)N(Cc1cccc(C)c1)C(=O)CN(c1ccc(C)cc1)S(=O)(=O)c1ccc(OC)c(Br)c1. The smallest absolute Gasteiger partial charge is 0.264 e. The number of hydrogen-bond donors (Lipinski definition) is 1. The van der Waals surface area contributed by atoms with Crippen LogP contribution in [0.4, 0.5) is 5.69 Å². The van der Waals surface area contributed by atoms with Crippen LogP contribution in [-0.2, 0) is 26.2 Å². The van der Waals surface area contributed by atoms with Crippen molar-refractivity contribution in [3.63, 3.8) is 0 Å². The lowest BCUT2D eigenvalue weighted by Gasteiger charge is -2.34. The largest absolute Gasteiger partial charge is 0.496 e. The number of sulfonamides is 1. The molecule has 0 aliphatic heterocycles. The van der Waals surface area contributed by atoms with Crippen LogP contribution in [0.5, 0.6) is 5.75 Å². The minimum Gasteiger partial charge on any atom is -0.496 e. The van der Waals surface area contributed by atoms with Gasteiger partial charge in [-0.1, -0.05) is 73.7 Å². The van der Waals surface area contributed by atoms with Crippen LogP contribution >= 0.6 is 15.9 Å². The maximum absolute atomic E-state index is 14.3. The number of ether oxygens (including phenoxy) is 1. The molecule has 1 aliphatic carbocycles. The summed E-state index contributed by atoms with van der Waals surface area (Å²) in [6, 6.07) is 18.6. The number of nitrogens with one attached hydrogen (secondary N) is 1. The molecule has 236 valence electrons. The zero-order chi connectivity index (χ0) is 31.9. The number of carbonyl (C=O) groups is 2. The molecule has 0 heterocycles. The third-order valence-corrected chi connectivity index (χ3v) is 10.5. The van der Waals surface area contributed by atoms with E-state index in [9.17, 15) is 18.0 Å². The Morgan fingerprint density at radius 1 is 0.977 bits per heavy atom. The molecule has 1 N–H and O–H groups in total. The Bertz CT molecular complexity index is 1560. The molecule has 0 saturated heterocycles. The average Bonchev–Trinajstić information content (AvgIpc) is 3.00. The van der Waals surface area contributed by atoms with Crippen molar-refractivity contribution in [2.75, 3.05) is 18.0 Å². The fourth-order valence-corrected chi connectivity index (χ4v) is 7.78. The van der Waals surface area contributed by atoms with Gasteiger partial charge >= 0.3 is 0 Å². The van der Waals surface area contributed by atoms with E-state index in [0.29, 0.717) is 22.3 Å². The highest BCUT2D eigenvalue weighted by Gasteiger charge is 2.34. The number of methoxy groups -OCH3 is 1. The molecule has 0 radical (unpaired) electrons. The van der Waals surface area contributed by atoms with Gasteiger partial charge < -0.3 is 15.0 Å². The van der Waals surface area contributed by atoms with Crippen LogP contribution in [0.1, 0.15) is 62.1 Å². The van der Waals surface area contributed by atoms with Crippen LogP contribution < -0.4 is 14.4 Å². The van der Waals surface area contributed by atoms with E-state index in [0.717, 1.165) is 53.1 Å². The summed E-state index contributed by atoms with van der Waals surface area (Å²) in [7, 11) is -2.70. The number of carbonyl (C=O) groups excluding carboxylic acids is 2. The van der Waals surface area contributed by atoms with Gasteiger partial charge in [-0.2, -0.15) is 0 Å². The van der Waals surface area contributed by atoms with Crippen molar-refractivity contribution in [2.24, 2.45) is 0 Å². The van der Waals surface area contributed by atoms with Crippen molar-refractivity contribution in [1.82, 2.24) is 10.2 Å². The van der Waals surface area contributed by atoms with E-state index in [-0.39, 0.29) is 23.4 Å². The Kier molecular flexibility index (Phi) is 11.5. The molecule has 10 heteroatoms. The fraction of sp³-hybridized carbons (Fsp3) is 0.412. The predicted octanol–water partition coefficient (Wildman–Crippen LogP) is 6.53. The Morgan fingerprint density at radius 3 is 2.30 bits per heavy atom. The van der Waals surface area contributed by atoms with Gasteiger partial charge in [-0.15, -0.1) is 0 Å². The number of amides is 2. The van der Waals surface area contributed by atoms with Crippen LogP contribution in [0.25, 0.3) is 0 Å². The molecule has 44 heavy (non-hydrogen) atoms. The first-order valence-corrected chi connectivity index (χ1v) is 17.3. The summed E-state index contributed by atoms with van der Waals surface area (Å²) >= 11 is 3.39. The maximum Gasteiger partial charge on any atom is 0.264 e. The highest BCUT2D eigenvalue weighted by molar-refractivity contribution is 9.10. The Hall–Kier alpha value is -3.37. The second-order valence-corrected chi connectivity index (χ2v) is 14.1.